The summed E-state index contributed by atoms with van der Waals surface area (Å²) < 4.78 is 5.97. The van der Waals surface area contributed by atoms with E-state index in [2.05, 4.69) is 34.3 Å². The molecule has 1 N–H and O–H groups in total. The van der Waals surface area contributed by atoms with Gasteiger partial charge in [0.2, 0.25) is 5.91 Å². The monoisotopic (exact) mass is 411 g/mol. The normalized spacial score (nSPS) is 33.4. The molecule has 3 fully saturated rings. The van der Waals surface area contributed by atoms with Gasteiger partial charge < -0.3 is 19.9 Å². The van der Waals surface area contributed by atoms with Gasteiger partial charge in [0.15, 0.2) is 0 Å². The van der Waals surface area contributed by atoms with Crippen molar-refractivity contribution in [1.29, 1.82) is 0 Å². The third-order valence-corrected chi connectivity index (χ3v) is 8.79. The highest BCUT2D eigenvalue weighted by molar-refractivity contribution is 5.79. The summed E-state index contributed by atoms with van der Waals surface area (Å²) in [5, 5.41) is 2.84. The Kier molecular flexibility index (Phi) is 5.20. The van der Waals surface area contributed by atoms with Gasteiger partial charge in [0.25, 0.3) is 0 Å². The van der Waals surface area contributed by atoms with Gasteiger partial charge in [-0.15, -0.1) is 0 Å². The number of benzene rings is 1. The summed E-state index contributed by atoms with van der Waals surface area (Å²) >= 11 is 0. The predicted molar refractivity (Wildman–Crippen MR) is 120 cm³/mol. The van der Waals surface area contributed by atoms with E-state index >= 15 is 0 Å². The van der Waals surface area contributed by atoms with E-state index in [4.69, 9.17) is 4.74 Å². The third kappa shape index (κ3) is 3.04. The lowest BCUT2D eigenvalue weighted by molar-refractivity contribution is -0.124. The summed E-state index contributed by atoms with van der Waals surface area (Å²) in [4.78, 5) is 17.3. The Bertz CT molecular complexity index is 825. The van der Waals surface area contributed by atoms with E-state index in [1.54, 1.807) is 12.6 Å². The summed E-state index contributed by atoms with van der Waals surface area (Å²) in [6.45, 7) is 3.00. The first-order chi connectivity index (χ1) is 14.6. The number of piperidine rings is 2. The molecule has 5 rings (SSSR count). The van der Waals surface area contributed by atoms with Crippen LogP contribution in [0.1, 0.15) is 56.1 Å². The number of rotatable bonds is 3. The standard InChI is InChI=1S/C25H37N3O2/c1-26-24(29)17-7-6-11-28(16-17)22-14-18-13-21-19-8-4-5-9-25(19,10-12-27(21)2)20(18)15-23(22)30-3/h14-15,17,19,21H,4-13,16H2,1-3H3,(H,26,29)/t17?,19?,21-,25-/m0/s1. The molecule has 0 radical (unpaired) electrons. The Morgan fingerprint density at radius 2 is 2.03 bits per heavy atom. The number of anilines is 1. The number of amides is 1. The number of methoxy groups -OCH3 is 1. The zero-order valence-corrected chi connectivity index (χ0v) is 18.9. The van der Waals surface area contributed by atoms with Gasteiger partial charge in [-0.25, -0.2) is 0 Å². The molecule has 4 atom stereocenters. The van der Waals surface area contributed by atoms with E-state index < -0.39 is 0 Å². The lowest BCUT2D eigenvalue weighted by atomic mass is 9.52. The molecule has 2 unspecified atom stereocenters. The van der Waals surface area contributed by atoms with Crippen LogP contribution in [0.4, 0.5) is 5.69 Å². The average Bonchev–Trinajstić information content (AvgIpc) is 2.80. The number of nitrogens with one attached hydrogen (secondary N) is 1. The molecular formula is C25H37N3O2. The van der Waals surface area contributed by atoms with Crippen LogP contribution in [0.2, 0.25) is 0 Å². The summed E-state index contributed by atoms with van der Waals surface area (Å²) in [7, 11) is 5.88. The van der Waals surface area contributed by atoms with Crippen molar-refractivity contribution in [2.24, 2.45) is 11.8 Å². The van der Waals surface area contributed by atoms with Crippen molar-refractivity contribution < 1.29 is 9.53 Å². The molecule has 1 aromatic rings. The first-order valence-electron chi connectivity index (χ1n) is 12.0. The van der Waals surface area contributed by atoms with Crippen LogP contribution in [-0.2, 0) is 16.6 Å². The van der Waals surface area contributed by atoms with Gasteiger partial charge in [0.1, 0.15) is 5.75 Å². The van der Waals surface area contributed by atoms with Crippen molar-refractivity contribution in [3.05, 3.63) is 23.3 Å². The number of hydrogen-bond acceptors (Lipinski definition) is 4. The van der Waals surface area contributed by atoms with Crippen LogP contribution in [0.3, 0.4) is 0 Å². The molecule has 4 aliphatic rings. The number of nitrogens with zero attached hydrogens (tertiary/aromatic N) is 2. The second kappa shape index (κ2) is 7.74. The fourth-order valence-corrected chi connectivity index (χ4v) is 7.25. The molecule has 164 valence electrons. The minimum Gasteiger partial charge on any atom is -0.495 e. The molecule has 30 heavy (non-hydrogen) atoms. The highest BCUT2D eigenvalue weighted by Crippen LogP contribution is 2.57. The molecule has 2 bridgehead atoms. The zero-order chi connectivity index (χ0) is 20.9. The fourth-order valence-electron chi connectivity index (χ4n) is 7.25. The number of carbonyl (C=O) groups excluding carboxylic acids is 1. The van der Waals surface area contributed by atoms with Crippen LogP contribution in [0, 0.1) is 11.8 Å². The van der Waals surface area contributed by atoms with Crippen LogP contribution >= 0.6 is 0 Å². The van der Waals surface area contributed by atoms with Gasteiger partial charge >= 0.3 is 0 Å². The van der Waals surface area contributed by atoms with Gasteiger partial charge in [-0.05, 0) is 81.3 Å². The van der Waals surface area contributed by atoms with Crippen LogP contribution in [0.25, 0.3) is 0 Å². The molecule has 2 saturated heterocycles. The van der Waals surface area contributed by atoms with E-state index in [1.807, 2.05) is 7.11 Å². The largest absolute Gasteiger partial charge is 0.495 e. The molecule has 0 spiro atoms. The quantitative estimate of drug-likeness (QED) is 0.829. The molecule has 2 heterocycles. The van der Waals surface area contributed by atoms with E-state index in [9.17, 15) is 4.79 Å². The molecule has 1 aromatic carbocycles. The van der Waals surface area contributed by atoms with Gasteiger partial charge in [-0.3, -0.25) is 4.79 Å². The number of carbonyl (C=O) groups is 1. The smallest absolute Gasteiger partial charge is 0.224 e. The lowest BCUT2D eigenvalue weighted by Crippen LogP contribution is -2.59. The highest BCUT2D eigenvalue weighted by atomic mass is 16.5. The molecule has 2 aliphatic carbocycles. The number of likely N-dealkylation sites (N-methyl/N-ethyl adjacent to an activating group) is 1. The molecule has 5 heteroatoms. The number of ether oxygens (including phenoxy) is 1. The molecule has 5 nitrogen and oxygen atoms in total. The Morgan fingerprint density at radius 3 is 2.83 bits per heavy atom. The molecule has 0 aromatic heterocycles. The summed E-state index contributed by atoms with van der Waals surface area (Å²) in [6, 6.07) is 5.50. The Morgan fingerprint density at radius 1 is 1.17 bits per heavy atom. The number of fused-ring (bicyclic) bond motifs is 1. The van der Waals surface area contributed by atoms with Crippen molar-refractivity contribution in [2.45, 2.75) is 62.8 Å². The average molecular weight is 412 g/mol. The van der Waals surface area contributed by atoms with E-state index in [1.165, 1.54) is 49.9 Å². The van der Waals surface area contributed by atoms with E-state index in [-0.39, 0.29) is 11.8 Å². The fraction of sp³-hybridized carbons (Fsp3) is 0.720. The van der Waals surface area contributed by atoms with Gasteiger partial charge in [-0.1, -0.05) is 12.8 Å². The van der Waals surface area contributed by atoms with Gasteiger partial charge in [0.05, 0.1) is 18.7 Å². The first kappa shape index (κ1) is 20.2. The molecule has 2 aliphatic heterocycles. The number of likely N-dealkylation sites (tertiary alicyclic amines) is 1. The van der Waals surface area contributed by atoms with Crippen LogP contribution < -0.4 is 15.0 Å². The molecule has 1 amide bonds. The highest BCUT2D eigenvalue weighted by Gasteiger charge is 2.53. The van der Waals surface area contributed by atoms with E-state index in [0.29, 0.717) is 11.5 Å². The van der Waals surface area contributed by atoms with Crippen molar-refractivity contribution in [1.82, 2.24) is 10.2 Å². The lowest BCUT2D eigenvalue weighted by Gasteiger charge is -2.58. The molecule has 1 saturated carbocycles. The van der Waals surface area contributed by atoms with Gasteiger partial charge in [-0.2, -0.15) is 0 Å². The van der Waals surface area contributed by atoms with Crippen molar-refractivity contribution >= 4 is 11.6 Å². The molecular weight excluding hydrogens is 374 g/mol. The zero-order valence-electron chi connectivity index (χ0n) is 18.9. The summed E-state index contributed by atoms with van der Waals surface area (Å²) in [5.41, 5.74) is 4.65. The topological polar surface area (TPSA) is 44.8 Å². The Labute approximate surface area is 181 Å². The van der Waals surface area contributed by atoms with Crippen LogP contribution in [0.15, 0.2) is 12.1 Å². The minimum atomic E-state index is 0.0660. The van der Waals surface area contributed by atoms with E-state index in [0.717, 1.165) is 44.0 Å². The number of hydrogen-bond donors (Lipinski definition) is 1. The second-order valence-corrected chi connectivity index (χ2v) is 10.1. The maximum Gasteiger partial charge on any atom is 0.224 e. The van der Waals surface area contributed by atoms with Crippen molar-refractivity contribution in [3.8, 4) is 5.75 Å². The van der Waals surface area contributed by atoms with Gasteiger partial charge in [0, 0.05) is 31.6 Å². The summed E-state index contributed by atoms with van der Waals surface area (Å²) in [5.74, 6) is 2.02. The second-order valence-electron chi connectivity index (χ2n) is 10.1. The first-order valence-corrected chi connectivity index (χ1v) is 12.0. The predicted octanol–water partition coefficient (Wildman–Crippen LogP) is 3.35. The third-order valence-electron chi connectivity index (χ3n) is 8.79. The van der Waals surface area contributed by atoms with Crippen molar-refractivity contribution in [3.63, 3.8) is 0 Å². The van der Waals surface area contributed by atoms with Crippen LogP contribution in [-0.4, -0.2) is 57.7 Å². The maximum atomic E-state index is 12.3. The maximum absolute atomic E-state index is 12.3. The minimum absolute atomic E-state index is 0.0660. The Balaban J connectivity index is 1.55. The Hall–Kier alpha value is -1.75. The van der Waals surface area contributed by atoms with Crippen molar-refractivity contribution in [2.75, 3.05) is 45.7 Å². The van der Waals surface area contributed by atoms with Crippen LogP contribution in [0.5, 0.6) is 5.75 Å². The summed E-state index contributed by atoms with van der Waals surface area (Å²) in [6.07, 6.45) is 9.91. The SMILES string of the molecule is CNC(=O)C1CCCN(c2cc3c(cc2OC)[C@]24CCCCC2[C@H](C3)N(C)CC4)C1.